The second kappa shape index (κ2) is 6.32. The van der Waals surface area contributed by atoms with Crippen LogP contribution in [0.1, 0.15) is 29.7 Å². The molecule has 4 nitrogen and oxygen atoms in total. The summed E-state index contributed by atoms with van der Waals surface area (Å²) >= 11 is 3.59. The second-order valence-electron chi connectivity index (χ2n) is 4.65. The fourth-order valence-electron chi connectivity index (χ4n) is 2.11. The van der Waals surface area contributed by atoms with Crippen molar-refractivity contribution in [2.24, 2.45) is 5.84 Å². The summed E-state index contributed by atoms with van der Waals surface area (Å²) in [6.07, 6.45) is 4.78. The number of aryl methyl sites for hydroxylation is 2. The fourth-order valence-corrected chi connectivity index (χ4v) is 2.63. The minimum absolute atomic E-state index is 0.0729. The molecule has 1 heterocycles. The molecule has 2 rings (SSSR count). The molecule has 0 bridgehead atoms. The molecule has 1 atom stereocenters. The van der Waals surface area contributed by atoms with E-state index in [1.165, 1.54) is 16.7 Å². The zero-order valence-electron chi connectivity index (χ0n) is 11.2. The molecule has 3 N–H and O–H groups in total. The van der Waals surface area contributed by atoms with Crippen LogP contribution in [0.3, 0.4) is 0 Å². The van der Waals surface area contributed by atoms with Gasteiger partial charge in [0.2, 0.25) is 0 Å². The highest BCUT2D eigenvalue weighted by Gasteiger charge is 2.15. The van der Waals surface area contributed by atoms with Crippen molar-refractivity contribution < 1.29 is 0 Å². The van der Waals surface area contributed by atoms with E-state index in [1.54, 1.807) is 0 Å². The van der Waals surface area contributed by atoms with E-state index in [4.69, 9.17) is 5.84 Å². The monoisotopic (exact) mass is 322 g/mol. The van der Waals surface area contributed by atoms with Crippen molar-refractivity contribution in [1.82, 2.24) is 15.2 Å². The maximum atomic E-state index is 5.71. The van der Waals surface area contributed by atoms with Crippen LogP contribution < -0.4 is 11.3 Å². The SMILES string of the molecule is CCn1cc(CC(NN)c2cc(C)ccc2Br)cn1. The number of hydrogen-bond acceptors (Lipinski definition) is 3. The zero-order valence-corrected chi connectivity index (χ0v) is 12.8. The Bertz CT molecular complexity index is 550. The quantitative estimate of drug-likeness (QED) is 0.657. The molecule has 0 aliphatic rings. The average Bonchev–Trinajstić information content (AvgIpc) is 2.87. The van der Waals surface area contributed by atoms with Crippen LogP contribution in [0.2, 0.25) is 0 Å². The van der Waals surface area contributed by atoms with Gasteiger partial charge in [-0.15, -0.1) is 0 Å². The molecular formula is C14H19BrN4. The number of nitrogens with two attached hydrogens (primary N) is 1. The maximum Gasteiger partial charge on any atom is 0.0522 e. The van der Waals surface area contributed by atoms with Crippen molar-refractivity contribution in [2.45, 2.75) is 32.9 Å². The Labute approximate surface area is 122 Å². The topological polar surface area (TPSA) is 55.9 Å². The Morgan fingerprint density at radius 3 is 2.89 bits per heavy atom. The first-order chi connectivity index (χ1) is 9.13. The molecular weight excluding hydrogens is 304 g/mol. The lowest BCUT2D eigenvalue weighted by atomic mass is 10.00. The predicted molar refractivity (Wildman–Crippen MR) is 80.5 cm³/mol. The van der Waals surface area contributed by atoms with Gasteiger partial charge in [-0.1, -0.05) is 33.6 Å². The minimum Gasteiger partial charge on any atom is -0.273 e. The van der Waals surface area contributed by atoms with Crippen LogP contribution in [0.4, 0.5) is 0 Å². The van der Waals surface area contributed by atoms with Gasteiger partial charge in [0.25, 0.3) is 0 Å². The van der Waals surface area contributed by atoms with E-state index < -0.39 is 0 Å². The van der Waals surface area contributed by atoms with Crippen molar-refractivity contribution in [3.05, 3.63) is 51.8 Å². The Hall–Kier alpha value is -1.17. The predicted octanol–water partition coefficient (Wildman–Crippen LogP) is 2.72. The number of hydrazine groups is 1. The fraction of sp³-hybridized carbons (Fsp3) is 0.357. The normalized spacial score (nSPS) is 12.6. The molecule has 1 unspecified atom stereocenters. The molecule has 0 amide bonds. The highest BCUT2D eigenvalue weighted by Crippen LogP contribution is 2.26. The number of rotatable bonds is 5. The van der Waals surface area contributed by atoms with E-state index in [-0.39, 0.29) is 6.04 Å². The largest absolute Gasteiger partial charge is 0.273 e. The van der Waals surface area contributed by atoms with E-state index in [1.807, 2.05) is 10.9 Å². The van der Waals surface area contributed by atoms with Gasteiger partial charge in [-0.2, -0.15) is 5.10 Å². The standard InChI is InChI=1S/C14H19BrN4/c1-3-19-9-11(8-17-19)7-14(18-16)12-6-10(2)4-5-13(12)15/h4-6,8-9,14,18H,3,7,16H2,1-2H3. The first-order valence-corrected chi connectivity index (χ1v) is 7.16. The van der Waals surface area contributed by atoms with Crippen LogP contribution in [0.25, 0.3) is 0 Å². The highest BCUT2D eigenvalue weighted by molar-refractivity contribution is 9.10. The second-order valence-corrected chi connectivity index (χ2v) is 5.51. The van der Waals surface area contributed by atoms with Crippen molar-refractivity contribution >= 4 is 15.9 Å². The van der Waals surface area contributed by atoms with Gasteiger partial charge < -0.3 is 0 Å². The summed E-state index contributed by atoms with van der Waals surface area (Å²) in [6, 6.07) is 6.36. The molecule has 0 saturated heterocycles. The average molecular weight is 323 g/mol. The number of benzene rings is 1. The van der Waals surface area contributed by atoms with E-state index >= 15 is 0 Å². The third-order valence-corrected chi connectivity index (χ3v) is 3.90. The maximum absolute atomic E-state index is 5.71. The number of nitrogens with one attached hydrogen (secondary N) is 1. The van der Waals surface area contributed by atoms with E-state index in [2.05, 4.69) is 64.7 Å². The molecule has 1 aromatic heterocycles. The molecule has 1 aromatic carbocycles. The molecule has 2 aromatic rings. The van der Waals surface area contributed by atoms with Crippen molar-refractivity contribution in [3.63, 3.8) is 0 Å². The molecule has 0 radical (unpaired) electrons. The summed E-state index contributed by atoms with van der Waals surface area (Å²) < 4.78 is 3.00. The van der Waals surface area contributed by atoms with Crippen LogP contribution >= 0.6 is 15.9 Å². The summed E-state index contributed by atoms with van der Waals surface area (Å²) in [5.74, 6) is 5.71. The van der Waals surface area contributed by atoms with Gasteiger partial charge in [0, 0.05) is 17.2 Å². The van der Waals surface area contributed by atoms with Gasteiger partial charge >= 0.3 is 0 Å². The molecule has 0 spiro atoms. The van der Waals surface area contributed by atoms with Crippen LogP contribution in [-0.2, 0) is 13.0 Å². The van der Waals surface area contributed by atoms with E-state index in [0.29, 0.717) is 0 Å². The summed E-state index contributed by atoms with van der Waals surface area (Å²) in [6.45, 7) is 5.04. The third-order valence-electron chi connectivity index (χ3n) is 3.18. The summed E-state index contributed by atoms with van der Waals surface area (Å²) in [5.41, 5.74) is 6.47. The molecule has 0 aliphatic heterocycles. The number of hydrogen-bond donors (Lipinski definition) is 2. The lowest BCUT2D eigenvalue weighted by Gasteiger charge is -2.17. The number of nitrogens with zero attached hydrogens (tertiary/aromatic N) is 2. The molecule has 5 heteroatoms. The van der Waals surface area contributed by atoms with Crippen LogP contribution in [0.15, 0.2) is 35.1 Å². The Kier molecular flexibility index (Phi) is 4.74. The third kappa shape index (κ3) is 3.43. The van der Waals surface area contributed by atoms with Crippen LogP contribution in [0.5, 0.6) is 0 Å². The van der Waals surface area contributed by atoms with Gasteiger partial charge in [-0.3, -0.25) is 16.0 Å². The highest BCUT2D eigenvalue weighted by atomic mass is 79.9. The van der Waals surface area contributed by atoms with Gasteiger partial charge in [0.1, 0.15) is 0 Å². The first-order valence-electron chi connectivity index (χ1n) is 6.37. The molecule has 0 saturated carbocycles. The Morgan fingerprint density at radius 2 is 2.26 bits per heavy atom. The summed E-state index contributed by atoms with van der Waals surface area (Å²) in [5, 5.41) is 4.29. The van der Waals surface area contributed by atoms with Crippen LogP contribution in [0, 0.1) is 6.92 Å². The summed E-state index contributed by atoms with van der Waals surface area (Å²) in [4.78, 5) is 0. The summed E-state index contributed by atoms with van der Waals surface area (Å²) in [7, 11) is 0. The van der Waals surface area contributed by atoms with E-state index in [9.17, 15) is 0 Å². The minimum atomic E-state index is 0.0729. The van der Waals surface area contributed by atoms with Crippen molar-refractivity contribution in [1.29, 1.82) is 0 Å². The molecule has 19 heavy (non-hydrogen) atoms. The number of aromatic nitrogens is 2. The first kappa shape index (κ1) is 14.2. The zero-order chi connectivity index (χ0) is 13.8. The Balaban J connectivity index is 2.22. The Morgan fingerprint density at radius 1 is 1.47 bits per heavy atom. The van der Waals surface area contributed by atoms with Crippen LogP contribution in [-0.4, -0.2) is 9.78 Å². The van der Waals surface area contributed by atoms with Gasteiger partial charge in [-0.05, 0) is 37.5 Å². The van der Waals surface area contributed by atoms with Gasteiger partial charge in [0.15, 0.2) is 0 Å². The van der Waals surface area contributed by atoms with Gasteiger partial charge in [-0.25, -0.2) is 0 Å². The smallest absolute Gasteiger partial charge is 0.0522 e. The van der Waals surface area contributed by atoms with Gasteiger partial charge in [0.05, 0.1) is 12.2 Å². The molecule has 0 fully saturated rings. The lowest BCUT2D eigenvalue weighted by Crippen LogP contribution is -2.29. The van der Waals surface area contributed by atoms with Crippen molar-refractivity contribution in [3.8, 4) is 0 Å². The molecule has 102 valence electrons. The van der Waals surface area contributed by atoms with E-state index in [0.717, 1.165) is 17.4 Å². The molecule has 0 aliphatic carbocycles. The number of halogens is 1. The van der Waals surface area contributed by atoms with Crippen molar-refractivity contribution in [2.75, 3.05) is 0 Å². The lowest BCUT2D eigenvalue weighted by molar-refractivity contribution is 0.549.